The minimum atomic E-state index is -0.542. The lowest BCUT2D eigenvalue weighted by Gasteiger charge is -2.09. The van der Waals surface area contributed by atoms with E-state index in [4.69, 9.17) is 11.5 Å². The molecule has 7 heteroatoms. The lowest BCUT2D eigenvalue weighted by atomic mass is 10.2. The van der Waals surface area contributed by atoms with Crippen LogP contribution in [0.2, 0.25) is 0 Å². The van der Waals surface area contributed by atoms with Crippen LogP contribution in [-0.4, -0.2) is 20.7 Å². The molecule has 100 valence electrons. The first-order chi connectivity index (χ1) is 8.97. The molecule has 0 unspecified atom stereocenters. The second-order valence-electron chi connectivity index (χ2n) is 4.29. The van der Waals surface area contributed by atoms with Crippen molar-refractivity contribution in [3.8, 4) is 0 Å². The Hall–Kier alpha value is -2.57. The SMILES string of the molecule is Cc1nn(C)cc1CNc1cnc(N)cc1C(N)=O. The maximum Gasteiger partial charge on any atom is 0.250 e. The highest BCUT2D eigenvalue weighted by molar-refractivity contribution is 5.98. The first-order valence-electron chi connectivity index (χ1n) is 5.75. The molecule has 2 heterocycles. The molecular formula is C12H16N6O. The summed E-state index contributed by atoms with van der Waals surface area (Å²) in [6.45, 7) is 2.46. The van der Waals surface area contributed by atoms with Gasteiger partial charge in [0.25, 0.3) is 5.91 Å². The van der Waals surface area contributed by atoms with Crippen LogP contribution < -0.4 is 16.8 Å². The van der Waals surface area contributed by atoms with E-state index in [9.17, 15) is 4.79 Å². The van der Waals surface area contributed by atoms with Gasteiger partial charge < -0.3 is 16.8 Å². The summed E-state index contributed by atoms with van der Waals surface area (Å²) in [4.78, 5) is 15.3. The maximum absolute atomic E-state index is 11.3. The number of hydrogen-bond donors (Lipinski definition) is 3. The molecule has 0 aromatic carbocycles. The third-order valence-electron chi connectivity index (χ3n) is 2.77. The summed E-state index contributed by atoms with van der Waals surface area (Å²) in [6.07, 6.45) is 3.41. The van der Waals surface area contributed by atoms with E-state index in [1.807, 2.05) is 20.2 Å². The van der Waals surface area contributed by atoms with Gasteiger partial charge >= 0.3 is 0 Å². The highest BCUT2D eigenvalue weighted by atomic mass is 16.1. The summed E-state index contributed by atoms with van der Waals surface area (Å²) in [6, 6.07) is 1.46. The van der Waals surface area contributed by atoms with E-state index in [0.717, 1.165) is 11.3 Å². The fourth-order valence-corrected chi connectivity index (χ4v) is 1.83. The van der Waals surface area contributed by atoms with Crippen LogP contribution in [0.5, 0.6) is 0 Å². The van der Waals surface area contributed by atoms with E-state index < -0.39 is 5.91 Å². The fraction of sp³-hybridized carbons (Fsp3) is 0.250. The number of pyridine rings is 1. The lowest BCUT2D eigenvalue weighted by molar-refractivity contribution is 0.100. The van der Waals surface area contributed by atoms with Crippen molar-refractivity contribution in [2.24, 2.45) is 12.8 Å². The van der Waals surface area contributed by atoms with Crippen LogP contribution in [0, 0.1) is 6.92 Å². The first-order valence-corrected chi connectivity index (χ1v) is 5.75. The van der Waals surface area contributed by atoms with E-state index >= 15 is 0 Å². The summed E-state index contributed by atoms with van der Waals surface area (Å²) in [5, 5.41) is 7.36. The molecule has 0 aliphatic carbocycles. The number of amides is 1. The zero-order valence-corrected chi connectivity index (χ0v) is 10.8. The minimum Gasteiger partial charge on any atom is -0.384 e. The second kappa shape index (κ2) is 4.97. The molecule has 0 saturated heterocycles. The number of carbonyl (C=O) groups is 1. The van der Waals surface area contributed by atoms with Gasteiger partial charge in [-0.05, 0) is 13.0 Å². The third-order valence-corrected chi connectivity index (χ3v) is 2.77. The Balaban J connectivity index is 2.20. The van der Waals surface area contributed by atoms with Gasteiger partial charge in [-0.25, -0.2) is 4.98 Å². The average molecular weight is 260 g/mol. The van der Waals surface area contributed by atoms with Gasteiger partial charge in [-0.1, -0.05) is 0 Å². The van der Waals surface area contributed by atoms with E-state index in [2.05, 4.69) is 15.4 Å². The van der Waals surface area contributed by atoms with Crippen molar-refractivity contribution in [1.29, 1.82) is 0 Å². The Morgan fingerprint density at radius 2 is 2.26 bits per heavy atom. The topological polar surface area (TPSA) is 112 Å². The summed E-state index contributed by atoms with van der Waals surface area (Å²) in [5.41, 5.74) is 13.7. The molecule has 0 spiro atoms. The molecule has 0 bridgehead atoms. The monoisotopic (exact) mass is 260 g/mol. The van der Waals surface area contributed by atoms with Crippen molar-refractivity contribution >= 4 is 17.4 Å². The van der Waals surface area contributed by atoms with Gasteiger partial charge in [0, 0.05) is 25.4 Å². The number of anilines is 2. The first kappa shape index (κ1) is 12.9. The molecule has 0 atom stereocenters. The number of hydrogen-bond acceptors (Lipinski definition) is 5. The van der Waals surface area contributed by atoms with Crippen LogP contribution in [0.1, 0.15) is 21.6 Å². The van der Waals surface area contributed by atoms with E-state index in [0.29, 0.717) is 17.8 Å². The number of nitrogens with one attached hydrogen (secondary N) is 1. The predicted octanol–water partition coefficient (Wildman–Crippen LogP) is 0.417. The Morgan fingerprint density at radius 1 is 1.53 bits per heavy atom. The molecule has 0 radical (unpaired) electrons. The number of nitrogens with two attached hydrogens (primary N) is 2. The number of rotatable bonds is 4. The molecule has 1 amide bonds. The van der Waals surface area contributed by atoms with Crippen LogP contribution in [0.4, 0.5) is 11.5 Å². The van der Waals surface area contributed by atoms with Gasteiger partial charge in [0.2, 0.25) is 0 Å². The number of aryl methyl sites for hydroxylation is 2. The van der Waals surface area contributed by atoms with Crippen molar-refractivity contribution in [3.63, 3.8) is 0 Å². The quantitative estimate of drug-likeness (QED) is 0.737. The summed E-state index contributed by atoms with van der Waals surface area (Å²) < 4.78 is 1.74. The zero-order chi connectivity index (χ0) is 14.0. The fourth-order valence-electron chi connectivity index (χ4n) is 1.83. The van der Waals surface area contributed by atoms with Gasteiger partial charge in [-0.15, -0.1) is 0 Å². The molecule has 5 N–H and O–H groups in total. The molecule has 2 aromatic rings. The minimum absolute atomic E-state index is 0.261. The van der Waals surface area contributed by atoms with Crippen LogP contribution in [-0.2, 0) is 13.6 Å². The number of primary amides is 1. The third kappa shape index (κ3) is 2.82. The largest absolute Gasteiger partial charge is 0.384 e. The van der Waals surface area contributed by atoms with Crippen molar-refractivity contribution < 1.29 is 4.79 Å². The predicted molar refractivity (Wildman–Crippen MR) is 72.4 cm³/mol. The second-order valence-corrected chi connectivity index (χ2v) is 4.29. The van der Waals surface area contributed by atoms with Crippen molar-refractivity contribution in [2.75, 3.05) is 11.1 Å². The molecule has 0 aliphatic heterocycles. The van der Waals surface area contributed by atoms with Crippen LogP contribution >= 0.6 is 0 Å². The van der Waals surface area contributed by atoms with Gasteiger partial charge in [-0.3, -0.25) is 9.48 Å². The number of aromatic nitrogens is 3. The van der Waals surface area contributed by atoms with Crippen LogP contribution in [0.3, 0.4) is 0 Å². The molecular weight excluding hydrogens is 244 g/mol. The highest BCUT2D eigenvalue weighted by Crippen LogP contribution is 2.17. The molecule has 0 saturated carbocycles. The van der Waals surface area contributed by atoms with Gasteiger partial charge in [-0.2, -0.15) is 5.10 Å². The highest BCUT2D eigenvalue weighted by Gasteiger charge is 2.10. The average Bonchev–Trinajstić information content (AvgIpc) is 2.66. The smallest absolute Gasteiger partial charge is 0.250 e. The van der Waals surface area contributed by atoms with E-state index in [1.54, 1.807) is 4.68 Å². The Bertz CT molecular complexity index is 619. The number of carbonyl (C=O) groups excluding carboxylic acids is 1. The Kier molecular flexibility index (Phi) is 3.37. The number of nitrogens with zero attached hydrogens (tertiary/aromatic N) is 3. The maximum atomic E-state index is 11.3. The Morgan fingerprint density at radius 3 is 2.84 bits per heavy atom. The van der Waals surface area contributed by atoms with Crippen LogP contribution in [0.25, 0.3) is 0 Å². The molecule has 0 aliphatic rings. The van der Waals surface area contributed by atoms with E-state index in [1.165, 1.54) is 12.3 Å². The molecule has 2 aromatic heterocycles. The molecule has 2 rings (SSSR count). The van der Waals surface area contributed by atoms with E-state index in [-0.39, 0.29) is 5.82 Å². The summed E-state index contributed by atoms with van der Waals surface area (Å²) in [5.74, 6) is -0.281. The number of nitrogen functional groups attached to an aromatic ring is 1. The Labute approximate surface area is 110 Å². The lowest BCUT2D eigenvalue weighted by Crippen LogP contribution is -2.15. The normalized spacial score (nSPS) is 10.4. The van der Waals surface area contributed by atoms with Gasteiger partial charge in [0.1, 0.15) is 5.82 Å². The van der Waals surface area contributed by atoms with Gasteiger partial charge in [0.15, 0.2) is 0 Å². The standard InChI is InChI=1S/C12H16N6O/c1-7-8(6-18(2)17-7)4-15-10-5-16-11(13)3-9(10)12(14)19/h3,5-6,15H,4H2,1-2H3,(H2,13,16)(H2,14,19). The van der Waals surface area contributed by atoms with Gasteiger partial charge in [0.05, 0.1) is 23.1 Å². The molecule has 0 fully saturated rings. The summed E-state index contributed by atoms with van der Waals surface area (Å²) >= 11 is 0. The van der Waals surface area contributed by atoms with Crippen LogP contribution in [0.15, 0.2) is 18.5 Å². The van der Waals surface area contributed by atoms with Crippen molar-refractivity contribution in [2.45, 2.75) is 13.5 Å². The van der Waals surface area contributed by atoms with Crippen molar-refractivity contribution in [3.05, 3.63) is 35.3 Å². The van der Waals surface area contributed by atoms with Crippen molar-refractivity contribution in [1.82, 2.24) is 14.8 Å². The molecule has 19 heavy (non-hydrogen) atoms. The summed E-state index contributed by atoms with van der Waals surface area (Å²) in [7, 11) is 1.86. The molecule has 7 nitrogen and oxygen atoms in total. The zero-order valence-electron chi connectivity index (χ0n) is 10.8.